The number of hydrogen-bond donors (Lipinski definition) is 2. The van der Waals surface area contributed by atoms with Crippen molar-refractivity contribution in [3.8, 4) is 11.5 Å². The van der Waals surface area contributed by atoms with Gasteiger partial charge in [-0.1, -0.05) is 6.08 Å². The van der Waals surface area contributed by atoms with E-state index in [0.29, 0.717) is 30.7 Å². The zero-order valence-electron chi connectivity index (χ0n) is 10.5. The summed E-state index contributed by atoms with van der Waals surface area (Å²) in [5.41, 5.74) is 1.61. The summed E-state index contributed by atoms with van der Waals surface area (Å²) in [7, 11) is -1.33. The highest BCUT2D eigenvalue weighted by atomic mass is 16.7. The molecule has 1 aromatic heterocycles. The van der Waals surface area contributed by atoms with Crippen LogP contribution in [-0.4, -0.2) is 46.9 Å². The van der Waals surface area contributed by atoms with Crippen molar-refractivity contribution in [2.45, 2.75) is 13.0 Å². The molecule has 0 bridgehead atoms. The maximum absolute atomic E-state index is 9.08. The van der Waals surface area contributed by atoms with Crippen molar-refractivity contribution < 1.29 is 19.5 Å². The highest BCUT2D eigenvalue weighted by Gasteiger charge is 2.21. The standard InChI is InChI=1S/C12H15BN2O4/c16-13(17)9-1-3-15(4-2-9)7-10-5-11-12(6-14-10)19-8-18-11/h1,5-6,16-17H,2-4,7-8H2. The molecule has 19 heavy (non-hydrogen) atoms. The van der Waals surface area contributed by atoms with Gasteiger partial charge in [0.25, 0.3) is 0 Å². The van der Waals surface area contributed by atoms with E-state index in [-0.39, 0.29) is 6.79 Å². The van der Waals surface area contributed by atoms with E-state index >= 15 is 0 Å². The van der Waals surface area contributed by atoms with Crippen molar-refractivity contribution >= 4 is 7.12 Å². The molecule has 1 aromatic rings. The Kier molecular flexibility index (Phi) is 3.41. The Morgan fingerprint density at radius 3 is 2.89 bits per heavy atom. The molecule has 2 aliphatic heterocycles. The van der Waals surface area contributed by atoms with Crippen molar-refractivity contribution in [1.82, 2.24) is 9.88 Å². The third-order valence-electron chi connectivity index (χ3n) is 3.36. The first-order valence-electron chi connectivity index (χ1n) is 6.24. The third-order valence-corrected chi connectivity index (χ3v) is 3.36. The van der Waals surface area contributed by atoms with Gasteiger partial charge in [0.05, 0.1) is 11.9 Å². The van der Waals surface area contributed by atoms with Crippen LogP contribution in [0, 0.1) is 0 Å². The molecule has 2 aliphatic rings. The summed E-state index contributed by atoms with van der Waals surface area (Å²) in [6.07, 6.45) is 4.21. The molecule has 6 nitrogen and oxygen atoms in total. The molecule has 0 aromatic carbocycles. The van der Waals surface area contributed by atoms with E-state index in [4.69, 9.17) is 19.5 Å². The molecule has 7 heteroatoms. The van der Waals surface area contributed by atoms with Gasteiger partial charge in [-0.3, -0.25) is 9.88 Å². The van der Waals surface area contributed by atoms with E-state index in [2.05, 4.69) is 9.88 Å². The summed E-state index contributed by atoms with van der Waals surface area (Å²) in [5, 5.41) is 18.2. The van der Waals surface area contributed by atoms with Gasteiger partial charge in [0, 0.05) is 25.7 Å². The first-order valence-corrected chi connectivity index (χ1v) is 6.24. The second kappa shape index (κ2) is 5.20. The average molecular weight is 262 g/mol. The van der Waals surface area contributed by atoms with Gasteiger partial charge in [0.1, 0.15) is 0 Å². The van der Waals surface area contributed by atoms with Gasteiger partial charge < -0.3 is 19.5 Å². The first-order chi connectivity index (χ1) is 9.22. The minimum Gasteiger partial charge on any atom is -0.453 e. The summed E-state index contributed by atoms with van der Waals surface area (Å²) in [6.45, 7) is 2.45. The Balaban J connectivity index is 1.64. The zero-order chi connectivity index (χ0) is 13.2. The Labute approximate surface area is 111 Å². The fourth-order valence-corrected chi connectivity index (χ4v) is 2.26. The smallest absolute Gasteiger partial charge is 0.453 e. The van der Waals surface area contributed by atoms with E-state index in [0.717, 1.165) is 18.0 Å². The lowest BCUT2D eigenvalue weighted by Crippen LogP contribution is -2.32. The van der Waals surface area contributed by atoms with Gasteiger partial charge >= 0.3 is 7.12 Å². The van der Waals surface area contributed by atoms with Crippen molar-refractivity contribution in [2.24, 2.45) is 0 Å². The van der Waals surface area contributed by atoms with Crippen LogP contribution in [0.2, 0.25) is 0 Å². The van der Waals surface area contributed by atoms with Crippen LogP contribution in [0.5, 0.6) is 11.5 Å². The zero-order valence-corrected chi connectivity index (χ0v) is 10.5. The van der Waals surface area contributed by atoms with Gasteiger partial charge in [0.15, 0.2) is 11.5 Å². The Hall–Kier alpha value is -1.57. The molecular weight excluding hydrogens is 247 g/mol. The van der Waals surface area contributed by atoms with Gasteiger partial charge in [-0.25, -0.2) is 0 Å². The van der Waals surface area contributed by atoms with E-state index < -0.39 is 7.12 Å². The minimum absolute atomic E-state index is 0.255. The van der Waals surface area contributed by atoms with Crippen LogP contribution in [0.25, 0.3) is 0 Å². The Morgan fingerprint density at radius 1 is 1.32 bits per heavy atom. The maximum atomic E-state index is 9.08. The molecule has 2 N–H and O–H groups in total. The summed E-state index contributed by atoms with van der Waals surface area (Å²) in [6, 6.07) is 1.89. The number of aromatic nitrogens is 1. The van der Waals surface area contributed by atoms with Crippen molar-refractivity contribution in [2.75, 3.05) is 19.9 Å². The van der Waals surface area contributed by atoms with Crippen LogP contribution >= 0.6 is 0 Å². The topological polar surface area (TPSA) is 75.1 Å². The highest BCUT2D eigenvalue weighted by Crippen LogP contribution is 2.31. The van der Waals surface area contributed by atoms with Crippen LogP contribution in [-0.2, 0) is 6.54 Å². The van der Waals surface area contributed by atoms with Crippen LogP contribution in [0.15, 0.2) is 23.8 Å². The maximum Gasteiger partial charge on any atom is 0.483 e. The summed E-state index contributed by atoms with van der Waals surface area (Å²) >= 11 is 0. The fourth-order valence-electron chi connectivity index (χ4n) is 2.26. The predicted molar refractivity (Wildman–Crippen MR) is 68.5 cm³/mol. The highest BCUT2D eigenvalue weighted by molar-refractivity contribution is 6.50. The van der Waals surface area contributed by atoms with Gasteiger partial charge in [0.2, 0.25) is 6.79 Å². The van der Waals surface area contributed by atoms with E-state index in [1.165, 1.54) is 0 Å². The number of fused-ring (bicyclic) bond motifs is 1. The molecule has 0 saturated heterocycles. The summed E-state index contributed by atoms with van der Waals surface area (Å²) in [4.78, 5) is 6.52. The molecule has 0 amide bonds. The van der Waals surface area contributed by atoms with Crippen molar-refractivity contribution in [1.29, 1.82) is 0 Å². The van der Waals surface area contributed by atoms with Gasteiger partial charge in [-0.05, 0) is 11.9 Å². The summed E-state index contributed by atoms with van der Waals surface area (Å²) in [5.74, 6) is 1.43. The average Bonchev–Trinajstić information content (AvgIpc) is 2.87. The Bertz CT molecular complexity index is 507. The normalized spacial score (nSPS) is 18.3. The number of ether oxygens (including phenoxy) is 2. The lowest BCUT2D eigenvalue weighted by molar-refractivity contribution is 0.173. The second-order valence-corrected chi connectivity index (χ2v) is 4.67. The second-order valence-electron chi connectivity index (χ2n) is 4.67. The van der Waals surface area contributed by atoms with Gasteiger partial charge in [-0.2, -0.15) is 0 Å². The van der Waals surface area contributed by atoms with E-state index in [1.807, 2.05) is 12.1 Å². The largest absolute Gasteiger partial charge is 0.483 e. The molecule has 0 fully saturated rings. The quantitative estimate of drug-likeness (QED) is 0.744. The number of nitrogens with zero attached hydrogens (tertiary/aromatic N) is 2. The molecule has 0 saturated carbocycles. The Morgan fingerprint density at radius 2 is 2.16 bits per heavy atom. The van der Waals surface area contributed by atoms with Crippen molar-refractivity contribution in [3.05, 3.63) is 29.5 Å². The lowest BCUT2D eigenvalue weighted by Gasteiger charge is -2.25. The third kappa shape index (κ3) is 2.73. The molecule has 100 valence electrons. The SMILES string of the molecule is OB(O)C1=CCN(Cc2cc3c(cn2)OCO3)CC1. The van der Waals surface area contributed by atoms with Crippen LogP contribution in [0.3, 0.4) is 0 Å². The molecule has 0 atom stereocenters. The van der Waals surface area contributed by atoms with Crippen LogP contribution in [0.4, 0.5) is 0 Å². The molecule has 0 aliphatic carbocycles. The number of rotatable bonds is 3. The lowest BCUT2D eigenvalue weighted by atomic mass is 9.76. The minimum atomic E-state index is -1.33. The molecule has 3 rings (SSSR count). The number of hydrogen-bond acceptors (Lipinski definition) is 6. The van der Waals surface area contributed by atoms with Crippen molar-refractivity contribution in [3.63, 3.8) is 0 Å². The van der Waals surface area contributed by atoms with E-state index in [9.17, 15) is 0 Å². The fraction of sp³-hybridized carbons (Fsp3) is 0.417. The van der Waals surface area contributed by atoms with Gasteiger partial charge in [-0.15, -0.1) is 0 Å². The molecular formula is C12H15BN2O4. The van der Waals surface area contributed by atoms with E-state index in [1.54, 1.807) is 6.20 Å². The first kappa shape index (κ1) is 12.5. The molecule has 0 radical (unpaired) electrons. The number of pyridine rings is 1. The van der Waals surface area contributed by atoms with Crippen LogP contribution in [0.1, 0.15) is 12.1 Å². The monoisotopic (exact) mass is 262 g/mol. The molecule has 3 heterocycles. The van der Waals surface area contributed by atoms with Crippen LogP contribution < -0.4 is 9.47 Å². The molecule has 0 spiro atoms. The molecule has 0 unspecified atom stereocenters. The predicted octanol–water partition coefficient (Wildman–Crippen LogP) is -0.0456. The summed E-state index contributed by atoms with van der Waals surface area (Å²) < 4.78 is 10.5.